The minimum Gasteiger partial charge on any atom is -0.390 e. The summed E-state index contributed by atoms with van der Waals surface area (Å²) in [5.74, 6) is -1.74. The summed E-state index contributed by atoms with van der Waals surface area (Å²) in [5, 5.41) is 37.0. The summed E-state index contributed by atoms with van der Waals surface area (Å²) in [6, 6.07) is 25.7. The highest BCUT2D eigenvalue weighted by atomic mass is 16.3. The summed E-state index contributed by atoms with van der Waals surface area (Å²) < 4.78 is 0. The Labute approximate surface area is 331 Å². The molecule has 2 aromatic heterocycles. The Balaban J connectivity index is 1.03. The fraction of sp³-hybridized carbons (Fsp3) is 0.405. The third-order valence-electron chi connectivity index (χ3n) is 11.0. The highest BCUT2D eigenvalue weighted by molar-refractivity contribution is 5.93. The van der Waals surface area contributed by atoms with Crippen molar-refractivity contribution in [1.82, 2.24) is 36.2 Å². The predicted molar refractivity (Wildman–Crippen MR) is 217 cm³/mol. The summed E-state index contributed by atoms with van der Waals surface area (Å²) in [4.78, 5) is 59.8. The van der Waals surface area contributed by atoms with Gasteiger partial charge < -0.3 is 41.7 Å². The van der Waals surface area contributed by atoms with Crippen LogP contribution in [0, 0.1) is 11.8 Å². The first-order valence-corrected chi connectivity index (χ1v) is 19.7. The molecule has 15 nitrogen and oxygen atoms in total. The average molecular weight is 775 g/mol. The van der Waals surface area contributed by atoms with Crippen molar-refractivity contribution in [2.45, 2.75) is 56.3 Å². The maximum Gasteiger partial charge on any atom is 0.315 e. The molecule has 4 amide bonds. The Morgan fingerprint density at radius 1 is 0.842 bits per heavy atom. The Kier molecular flexibility index (Phi) is 12.7. The second-order valence-electron chi connectivity index (χ2n) is 14.7. The maximum atomic E-state index is 13.7. The normalized spacial score (nSPS) is 21.5. The number of benzene rings is 2. The summed E-state index contributed by atoms with van der Waals surface area (Å²) in [7, 11) is 0. The fourth-order valence-corrected chi connectivity index (χ4v) is 8.04. The van der Waals surface area contributed by atoms with Crippen LogP contribution in [0.5, 0.6) is 0 Å². The number of nitrogens with one attached hydrogen (secondary N) is 5. The molecule has 15 heteroatoms. The van der Waals surface area contributed by atoms with Gasteiger partial charge in [0.05, 0.1) is 23.8 Å². The number of aliphatic hydroxyl groups is 2. The number of carbonyl (C=O) groups is 3. The van der Waals surface area contributed by atoms with E-state index < -0.39 is 35.9 Å². The van der Waals surface area contributed by atoms with Crippen molar-refractivity contribution in [3.63, 3.8) is 0 Å². The Hall–Kier alpha value is -5.93. The van der Waals surface area contributed by atoms with Crippen LogP contribution in [-0.2, 0) is 4.79 Å². The van der Waals surface area contributed by atoms with Crippen molar-refractivity contribution in [3.05, 3.63) is 108 Å². The molecular formula is C42H50N10O5. The quantitative estimate of drug-likeness (QED) is 0.0933. The fourth-order valence-electron chi connectivity index (χ4n) is 8.04. The number of pyridine rings is 1. The Bertz CT molecular complexity index is 1970. The molecule has 3 aliphatic rings. The summed E-state index contributed by atoms with van der Waals surface area (Å²) >= 11 is 0. The lowest BCUT2D eigenvalue weighted by Crippen LogP contribution is -2.49. The number of hydrogen-bond acceptors (Lipinski definition) is 11. The molecule has 5 atom stereocenters. The second kappa shape index (κ2) is 18.3. The first kappa shape index (κ1) is 39.3. The Morgan fingerprint density at radius 2 is 1.53 bits per heavy atom. The van der Waals surface area contributed by atoms with Crippen LogP contribution in [0.25, 0.3) is 0 Å². The smallest absolute Gasteiger partial charge is 0.315 e. The molecule has 2 aliphatic heterocycles. The van der Waals surface area contributed by atoms with E-state index in [4.69, 9.17) is 0 Å². The van der Waals surface area contributed by atoms with E-state index in [1.807, 2.05) is 54.6 Å². The number of nitrogens with zero attached hydrogens (tertiary/aromatic N) is 5. The molecule has 0 radical (unpaired) electrons. The van der Waals surface area contributed by atoms with Gasteiger partial charge >= 0.3 is 6.03 Å². The predicted octanol–water partition coefficient (Wildman–Crippen LogP) is 3.11. The van der Waals surface area contributed by atoms with E-state index in [2.05, 4.69) is 75.7 Å². The van der Waals surface area contributed by atoms with E-state index in [0.717, 1.165) is 42.9 Å². The third-order valence-corrected chi connectivity index (χ3v) is 11.0. The van der Waals surface area contributed by atoms with E-state index in [-0.39, 0.29) is 49.2 Å². The number of hydrogen-bond donors (Lipinski definition) is 7. The molecule has 2 aromatic carbocycles. The number of carbonyl (C=O) groups excluding carboxylic acids is 3. The molecule has 2 fully saturated rings. The zero-order valence-electron chi connectivity index (χ0n) is 31.9. The van der Waals surface area contributed by atoms with Gasteiger partial charge in [0.25, 0.3) is 5.91 Å². The number of aliphatic hydroxyl groups excluding tert-OH is 2. The molecule has 0 spiro atoms. The molecule has 298 valence electrons. The topological polar surface area (TPSA) is 206 Å². The molecule has 57 heavy (non-hydrogen) atoms. The largest absolute Gasteiger partial charge is 0.390 e. The van der Waals surface area contributed by atoms with Crippen LogP contribution in [0.3, 0.4) is 0 Å². The van der Waals surface area contributed by atoms with Crippen LogP contribution < -0.4 is 31.5 Å². The number of piperidine rings is 1. The van der Waals surface area contributed by atoms with Crippen molar-refractivity contribution >= 4 is 41.4 Å². The van der Waals surface area contributed by atoms with E-state index in [9.17, 15) is 24.6 Å². The van der Waals surface area contributed by atoms with Gasteiger partial charge in [0.15, 0.2) is 5.82 Å². The summed E-state index contributed by atoms with van der Waals surface area (Å²) in [6.45, 7) is 4.49. The molecule has 1 unspecified atom stereocenters. The van der Waals surface area contributed by atoms with E-state index in [1.54, 1.807) is 19.3 Å². The molecule has 1 saturated heterocycles. The first-order chi connectivity index (χ1) is 27.8. The number of anilines is 2. The van der Waals surface area contributed by atoms with Crippen LogP contribution in [0.1, 0.15) is 65.5 Å². The monoisotopic (exact) mass is 774 g/mol. The van der Waals surface area contributed by atoms with Gasteiger partial charge in [-0.1, -0.05) is 66.7 Å². The number of urea groups is 1. The lowest BCUT2D eigenvalue weighted by atomic mass is 9.87. The second-order valence-corrected chi connectivity index (χ2v) is 14.7. The van der Waals surface area contributed by atoms with Gasteiger partial charge in [0, 0.05) is 75.5 Å². The van der Waals surface area contributed by atoms with Gasteiger partial charge in [-0.25, -0.2) is 19.7 Å². The van der Waals surface area contributed by atoms with Gasteiger partial charge in [-0.05, 0) is 49.4 Å². The Morgan fingerprint density at radius 3 is 2.19 bits per heavy atom. The lowest BCUT2D eigenvalue weighted by Gasteiger charge is -2.33. The van der Waals surface area contributed by atoms with Crippen LogP contribution in [-0.4, -0.2) is 107 Å². The highest BCUT2D eigenvalue weighted by Gasteiger charge is 2.49. The molecule has 7 N–H and O–H groups in total. The minimum absolute atomic E-state index is 0.0274. The van der Waals surface area contributed by atoms with E-state index in [0.29, 0.717) is 30.3 Å². The van der Waals surface area contributed by atoms with E-state index >= 15 is 0 Å². The lowest BCUT2D eigenvalue weighted by molar-refractivity contribution is -0.128. The van der Waals surface area contributed by atoms with Crippen molar-refractivity contribution in [2.75, 3.05) is 49.5 Å². The zero-order valence-corrected chi connectivity index (χ0v) is 31.9. The number of amides is 4. The molecule has 4 heterocycles. The number of aromatic nitrogens is 3. The molecular weight excluding hydrogens is 725 g/mol. The summed E-state index contributed by atoms with van der Waals surface area (Å²) in [6.07, 6.45) is 2.75. The standard InChI is InChI=1S/C42H50N10O5/c1-2-43-40(55)30-23-29(36(53)37(30)54)32-25-47-35-34(32)50-39(51-38(35)48-24-31(26-11-5-3-6-12-26)27-13-7-4-8-14-27)41(56)45-19-20-46-42(57)49-28-16-21-52(22-17-28)33-15-9-10-18-44-33/h3-15,18,25,28-32,36-37,53-54H,2,16-17,19-24H2,1H3,(H,43,55)(H,45,56)(H2,46,49,57)(H,48,50,51)/t29-,30-,32?,36-,37+/m0/s1. The molecule has 1 saturated carbocycles. The molecule has 1 aliphatic carbocycles. The SMILES string of the molecule is CCNC(=O)[C@H]1C[C@@H](C2C=Nc3c(NCC(c4ccccc4)c4ccccc4)nc(C(=O)NCCNC(=O)NC4CCN(c5ccccn5)CC4)nc32)[C@H](O)[C@@H]1O. The van der Waals surface area contributed by atoms with Crippen molar-refractivity contribution in [3.8, 4) is 0 Å². The van der Waals surface area contributed by atoms with Crippen LogP contribution in [0.2, 0.25) is 0 Å². The van der Waals surface area contributed by atoms with Crippen LogP contribution in [0.4, 0.5) is 22.1 Å². The van der Waals surface area contributed by atoms with Crippen LogP contribution >= 0.6 is 0 Å². The minimum atomic E-state index is -1.26. The van der Waals surface area contributed by atoms with Gasteiger partial charge in [0.2, 0.25) is 11.7 Å². The first-order valence-electron chi connectivity index (χ1n) is 19.7. The van der Waals surface area contributed by atoms with Crippen molar-refractivity contribution in [2.24, 2.45) is 16.8 Å². The molecule has 7 rings (SSSR count). The van der Waals surface area contributed by atoms with Crippen molar-refractivity contribution in [1.29, 1.82) is 0 Å². The maximum absolute atomic E-state index is 13.7. The van der Waals surface area contributed by atoms with Gasteiger partial charge in [0.1, 0.15) is 11.5 Å². The number of aliphatic imine (C=N–C) groups is 1. The third kappa shape index (κ3) is 9.21. The number of fused-ring (bicyclic) bond motifs is 1. The zero-order chi connectivity index (χ0) is 39.7. The molecule has 0 bridgehead atoms. The summed E-state index contributed by atoms with van der Waals surface area (Å²) in [5.41, 5.74) is 3.04. The van der Waals surface area contributed by atoms with Gasteiger partial charge in [-0.2, -0.15) is 0 Å². The average Bonchev–Trinajstić information content (AvgIpc) is 3.80. The van der Waals surface area contributed by atoms with Crippen molar-refractivity contribution < 1.29 is 24.6 Å². The highest BCUT2D eigenvalue weighted by Crippen LogP contribution is 2.46. The number of rotatable bonds is 14. The van der Waals surface area contributed by atoms with E-state index in [1.165, 1.54) is 0 Å². The van der Waals surface area contributed by atoms with Crippen LogP contribution in [0.15, 0.2) is 90.1 Å². The van der Waals surface area contributed by atoms with Gasteiger partial charge in [-0.15, -0.1) is 0 Å². The van der Waals surface area contributed by atoms with Gasteiger partial charge in [-0.3, -0.25) is 14.6 Å². The molecule has 4 aromatic rings.